The number of rotatable bonds is 14. The van der Waals surface area contributed by atoms with Crippen molar-refractivity contribution in [2.24, 2.45) is 11.3 Å². The van der Waals surface area contributed by atoms with Crippen molar-refractivity contribution in [1.82, 2.24) is 26.3 Å². The minimum absolute atomic E-state index is 0.00386. The third-order valence-electron chi connectivity index (χ3n) is 10.7. The molecule has 4 atom stereocenters. The molecule has 52 heavy (non-hydrogen) atoms. The maximum absolute atomic E-state index is 14.7. The zero-order valence-corrected chi connectivity index (χ0v) is 32.1. The van der Waals surface area contributed by atoms with Gasteiger partial charge in [-0.3, -0.25) is 34.3 Å². The molecule has 12 heteroatoms. The normalized spacial score (nSPS) is 23.0. The van der Waals surface area contributed by atoms with Crippen LogP contribution in [0.3, 0.4) is 0 Å². The van der Waals surface area contributed by atoms with Gasteiger partial charge in [0.15, 0.2) is 0 Å². The van der Waals surface area contributed by atoms with Crippen LogP contribution in [0.1, 0.15) is 122 Å². The number of nitrogens with one attached hydrogen (secondary N) is 4. The van der Waals surface area contributed by atoms with E-state index in [0.29, 0.717) is 31.1 Å². The summed E-state index contributed by atoms with van der Waals surface area (Å²) in [6, 6.07) is 1.02. The highest BCUT2D eigenvalue weighted by atomic mass is 16.7. The van der Waals surface area contributed by atoms with Crippen molar-refractivity contribution in [3.8, 4) is 5.75 Å². The average Bonchev–Trinajstić information content (AvgIpc) is 3.68. The Bertz CT molecular complexity index is 1530. The summed E-state index contributed by atoms with van der Waals surface area (Å²) < 4.78 is 5.84. The molecule has 1 spiro atoms. The van der Waals surface area contributed by atoms with E-state index in [-0.39, 0.29) is 31.3 Å². The summed E-state index contributed by atoms with van der Waals surface area (Å²) >= 11 is 0. The van der Waals surface area contributed by atoms with E-state index in [2.05, 4.69) is 21.4 Å². The number of hydroxylamine groups is 1. The van der Waals surface area contributed by atoms with Crippen LogP contribution < -0.4 is 26.2 Å². The first kappa shape index (κ1) is 39.3. The zero-order chi connectivity index (χ0) is 37.8. The number of likely N-dealkylation sites (tertiary alicyclic amines) is 1. The van der Waals surface area contributed by atoms with Crippen LogP contribution in [0.15, 0.2) is 18.2 Å². The summed E-state index contributed by atoms with van der Waals surface area (Å²) in [4.78, 5) is 76.1. The number of carbonyl (C=O) groups excluding carboxylic acids is 5. The Morgan fingerprint density at radius 2 is 1.67 bits per heavy atom. The van der Waals surface area contributed by atoms with Crippen molar-refractivity contribution in [2.45, 2.75) is 149 Å². The number of ketones is 1. The lowest BCUT2D eigenvalue weighted by Gasteiger charge is -2.36. The molecular weight excluding hydrogens is 662 g/mol. The van der Waals surface area contributed by atoms with Crippen LogP contribution in [0.5, 0.6) is 5.75 Å². The molecule has 2 heterocycles. The summed E-state index contributed by atoms with van der Waals surface area (Å²) in [7, 11) is 0. The van der Waals surface area contributed by atoms with Gasteiger partial charge in [0.1, 0.15) is 23.4 Å². The Balaban J connectivity index is 1.43. The SMILES string of the molecule is CCC[C@H](NC(=O)[C@@H]1C[C@]2(C=C(c3cc(C)c(OCC)c(C)c3)NO2)CN1C(=O)[C@@H](NC(=O)CC1CCCCC1)C(C)(C)C)C(=O)C(=O)NC1CC1. The monoisotopic (exact) mass is 721 g/mol. The first-order chi connectivity index (χ1) is 24.6. The van der Waals surface area contributed by atoms with Gasteiger partial charge >= 0.3 is 0 Å². The molecule has 3 fully saturated rings. The van der Waals surface area contributed by atoms with E-state index >= 15 is 0 Å². The Morgan fingerprint density at radius 3 is 2.27 bits per heavy atom. The van der Waals surface area contributed by atoms with Crippen LogP contribution in [0.25, 0.3) is 5.70 Å². The molecule has 1 aromatic rings. The fourth-order valence-corrected chi connectivity index (χ4v) is 7.80. The van der Waals surface area contributed by atoms with Gasteiger partial charge in [-0.25, -0.2) is 0 Å². The molecule has 0 aromatic heterocycles. The number of amides is 4. The highest BCUT2D eigenvalue weighted by Crippen LogP contribution is 2.40. The van der Waals surface area contributed by atoms with E-state index in [1.807, 2.05) is 66.7 Å². The second-order valence-corrected chi connectivity index (χ2v) is 16.4. The van der Waals surface area contributed by atoms with Gasteiger partial charge in [-0.1, -0.05) is 53.4 Å². The molecule has 1 saturated heterocycles. The predicted molar refractivity (Wildman–Crippen MR) is 198 cm³/mol. The minimum atomic E-state index is -1.07. The Morgan fingerprint density at radius 1 is 1.00 bits per heavy atom. The molecule has 2 saturated carbocycles. The third-order valence-corrected chi connectivity index (χ3v) is 10.7. The molecule has 12 nitrogen and oxygen atoms in total. The molecule has 0 bridgehead atoms. The van der Waals surface area contributed by atoms with Crippen molar-refractivity contribution in [2.75, 3.05) is 13.2 Å². The minimum Gasteiger partial charge on any atom is -0.493 e. The first-order valence-electron chi connectivity index (χ1n) is 19.3. The van der Waals surface area contributed by atoms with Crippen molar-refractivity contribution in [3.05, 3.63) is 34.9 Å². The number of hydrogen-bond donors (Lipinski definition) is 4. The molecule has 0 unspecified atom stereocenters. The molecule has 2 aliphatic carbocycles. The largest absolute Gasteiger partial charge is 0.493 e. The smallest absolute Gasteiger partial charge is 0.289 e. The van der Waals surface area contributed by atoms with Gasteiger partial charge in [-0.05, 0) is 93.5 Å². The van der Waals surface area contributed by atoms with Gasteiger partial charge in [0.2, 0.25) is 23.5 Å². The number of aryl methyl sites for hydroxylation is 2. The summed E-state index contributed by atoms with van der Waals surface area (Å²) in [6.45, 7) is 14.1. The van der Waals surface area contributed by atoms with Crippen molar-refractivity contribution in [3.63, 3.8) is 0 Å². The third kappa shape index (κ3) is 9.35. The molecule has 2 aliphatic heterocycles. The van der Waals surface area contributed by atoms with Crippen LogP contribution in [0.4, 0.5) is 0 Å². The van der Waals surface area contributed by atoms with E-state index in [1.54, 1.807) is 0 Å². The van der Waals surface area contributed by atoms with E-state index in [4.69, 9.17) is 9.57 Å². The number of carbonyl (C=O) groups is 5. The number of nitrogens with zero attached hydrogens (tertiary/aromatic N) is 1. The summed E-state index contributed by atoms with van der Waals surface area (Å²) in [5.41, 5.74) is 4.82. The topological polar surface area (TPSA) is 155 Å². The lowest BCUT2D eigenvalue weighted by Crippen LogP contribution is -2.59. The van der Waals surface area contributed by atoms with Gasteiger partial charge in [-0.15, -0.1) is 0 Å². The fourth-order valence-electron chi connectivity index (χ4n) is 7.80. The molecule has 5 rings (SSSR count). The predicted octanol–water partition coefficient (Wildman–Crippen LogP) is 4.55. The van der Waals surface area contributed by atoms with E-state index in [0.717, 1.165) is 61.0 Å². The highest BCUT2D eigenvalue weighted by molar-refractivity contribution is 6.38. The molecular formula is C40H59N5O7. The van der Waals surface area contributed by atoms with Crippen molar-refractivity contribution < 1.29 is 33.5 Å². The fraction of sp³-hybridized carbons (Fsp3) is 0.675. The lowest BCUT2D eigenvalue weighted by molar-refractivity contribution is -0.145. The maximum Gasteiger partial charge on any atom is 0.289 e. The molecule has 0 radical (unpaired) electrons. The quantitative estimate of drug-likeness (QED) is 0.204. The van der Waals surface area contributed by atoms with Crippen LogP contribution >= 0.6 is 0 Å². The molecule has 286 valence electrons. The average molecular weight is 722 g/mol. The standard InChI is InChI=1S/C40H59N5O7/c1-8-13-29(33(47)37(49)41-28-16-17-28)42-36(48)31-22-40(21-30(44-52-40)27-18-24(3)34(51-9-2)25(4)19-27)23-45(31)38(50)35(39(5,6)7)43-32(46)20-26-14-11-10-12-15-26/h18-19,21,26,28-29,31,35,44H,8-17,20,22-23H2,1-7H3,(H,41,49)(H,42,48)(H,43,46)/t29-,31-,35+,40+/m0/s1. The van der Waals surface area contributed by atoms with Crippen molar-refractivity contribution in [1.29, 1.82) is 0 Å². The Kier molecular flexibility index (Phi) is 12.4. The number of hydrogen-bond acceptors (Lipinski definition) is 8. The molecule has 4 aliphatic rings. The van der Waals surface area contributed by atoms with Crippen molar-refractivity contribution >= 4 is 35.1 Å². The Labute approximate surface area is 308 Å². The van der Waals surface area contributed by atoms with E-state index < -0.39 is 52.6 Å². The second-order valence-electron chi connectivity index (χ2n) is 16.4. The summed E-state index contributed by atoms with van der Waals surface area (Å²) in [5.74, 6) is -1.40. The summed E-state index contributed by atoms with van der Waals surface area (Å²) in [6.07, 6.45) is 10.3. The van der Waals surface area contributed by atoms with Crippen LogP contribution in [0.2, 0.25) is 0 Å². The maximum atomic E-state index is 14.7. The number of Topliss-reactive ketones (excluding diaryl/α,β-unsaturated/α-hetero) is 1. The molecule has 4 amide bonds. The van der Waals surface area contributed by atoms with Gasteiger partial charge in [0, 0.05) is 24.4 Å². The zero-order valence-electron chi connectivity index (χ0n) is 32.1. The number of benzene rings is 1. The van der Waals surface area contributed by atoms with Gasteiger partial charge in [0.25, 0.3) is 5.91 Å². The lowest BCUT2D eigenvalue weighted by atomic mass is 9.84. The van der Waals surface area contributed by atoms with Crippen LogP contribution in [-0.4, -0.2) is 77.2 Å². The van der Waals surface area contributed by atoms with Gasteiger partial charge in [0.05, 0.1) is 24.9 Å². The summed E-state index contributed by atoms with van der Waals surface area (Å²) in [5, 5.41) is 8.61. The molecule has 1 aromatic carbocycles. The Hall–Kier alpha value is -3.93. The highest BCUT2D eigenvalue weighted by Gasteiger charge is 2.54. The second kappa shape index (κ2) is 16.4. The van der Waals surface area contributed by atoms with Gasteiger partial charge < -0.3 is 25.6 Å². The van der Waals surface area contributed by atoms with E-state index in [1.165, 1.54) is 11.3 Å². The van der Waals surface area contributed by atoms with Crippen LogP contribution in [-0.2, 0) is 28.8 Å². The molecule has 4 N–H and O–H groups in total. The van der Waals surface area contributed by atoms with Gasteiger partial charge in [-0.2, -0.15) is 0 Å². The van der Waals surface area contributed by atoms with E-state index in [9.17, 15) is 24.0 Å². The number of ether oxygens (including phenoxy) is 1. The first-order valence-corrected chi connectivity index (χ1v) is 19.3. The van der Waals surface area contributed by atoms with Crippen LogP contribution in [0, 0.1) is 25.2 Å².